The monoisotopic (exact) mass is 410 g/mol. The first-order chi connectivity index (χ1) is 14.2. The third-order valence-corrected chi connectivity index (χ3v) is 5.49. The molecular weight excluding hydrogens is 391 g/mol. The summed E-state index contributed by atoms with van der Waals surface area (Å²) in [6.07, 6.45) is 6.72. The van der Waals surface area contributed by atoms with Crippen molar-refractivity contribution in [3.8, 4) is 22.9 Å². The Labute approximate surface area is 172 Å². The molecule has 0 amide bonds. The van der Waals surface area contributed by atoms with Gasteiger partial charge in [0.05, 0.1) is 17.4 Å². The molecular formula is C20H19FN6OS. The Bertz CT molecular complexity index is 1040. The van der Waals surface area contributed by atoms with Crippen LogP contribution in [0.4, 0.5) is 9.57 Å². The van der Waals surface area contributed by atoms with Gasteiger partial charge in [0, 0.05) is 43.4 Å². The van der Waals surface area contributed by atoms with Crippen LogP contribution in [0, 0.1) is 11.3 Å². The highest BCUT2D eigenvalue weighted by Crippen LogP contribution is 2.38. The zero-order valence-electron chi connectivity index (χ0n) is 15.8. The number of anilines is 1. The van der Waals surface area contributed by atoms with Crippen LogP contribution in [0.3, 0.4) is 0 Å². The molecule has 0 saturated carbocycles. The number of para-hydroxylation sites is 1. The Kier molecular flexibility index (Phi) is 5.62. The Morgan fingerprint density at radius 3 is 2.79 bits per heavy atom. The number of hydrogen-bond acceptors (Lipinski definition) is 7. The molecule has 0 aliphatic carbocycles. The van der Waals surface area contributed by atoms with Gasteiger partial charge in [0.15, 0.2) is 5.75 Å². The normalized spacial score (nSPS) is 14.6. The maximum atomic E-state index is 12.5. The molecule has 3 heterocycles. The zero-order chi connectivity index (χ0) is 20.2. The molecule has 3 aromatic rings. The van der Waals surface area contributed by atoms with Gasteiger partial charge < -0.3 is 13.7 Å². The standard InChI is InChI=1S/C20H19FN6OS/c1-26-13-24-25-20(26)14-5-7-27(8-6-14)19-15(10-22)3-2-4-18(19)16-9-17(28-29-21)12-23-11-16/h2-4,9,11-14H,5-8H2,1H3. The van der Waals surface area contributed by atoms with E-state index in [0.717, 1.165) is 48.6 Å². The van der Waals surface area contributed by atoms with Gasteiger partial charge in [0.2, 0.25) is 0 Å². The van der Waals surface area contributed by atoms with Crippen molar-refractivity contribution in [3.05, 3.63) is 54.4 Å². The first kappa shape index (κ1) is 19.2. The maximum Gasteiger partial charge on any atom is 0.272 e. The molecule has 29 heavy (non-hydrogen) atoms. The summed E-state index contributed by atoms with van der Waals surface area (Å²) in [5.41, 5.74) is 3.13. The molecule has 1 aromatic carbocycles. The largest absolute Gasteiger partial charge is 0.395 e. The lowest BCUT2D eigenvalue weighted by Gasteiger charge is -2.35. The van der Waals surface area contributed by atoms with Crippen LogP contribution in [-0.4, -0.2) is 32.8 Å². The van der Waals surface area contributed by atoms with E-state index in [2.05, 4.69) is 26.2 Å². The summed E-state index contributed by atoms with van der Waals surface area (Å²) in [6.45, 7) is 1.60. The van der Waals surface area contributed by atoms with Gasteiger partial charge in [-0.2, -0.15) is 5.26 Å². The van der Waals surface area contributed by atoms with Crippen LogP contribution in [0.2, 0.25) is 0 Å². The Morgan fingerprint density at radius 2 is 2.10 bits per heavy atom. The fraction of sp³-hybridized carbons (Fsp3) is 0.300. The Morgan fingerprint density at radius 1 is 1.28 bits per heavy atom. The van der Waals surface area contributed by atoms with Crippen molar-refractivity contribution in [2.75, 3.05) is 18.0 Å². The van der Waals surface area contributed by atoms with Crippen LogP contribution in [0.15, 0.2) is 43.0 Å². The van der Waals surface area contributed by atoms with E-state index in [1.807, 2.05) is 29.8 Å². The maximum absolute atomic E-state index is 12.5. The number of pyridine rings is 1. The lowest BCUT2D eigenvalue weighted by atomic mass is 9.93. The van der Waals surface area contributed by atoms with Crippen LogP contribution < -0.4 is 9.08 Å². The van der Waals surface area contributed by atoms with E-state index >= 15 is 0 Å². The molecule has 1 fully saturated rings. The van der Waals surface area contributed by atoms with Gasteiger partial charge in [-0.25, -0.2) is 0 Å². The number of aryl methyl sites for hydroxylation is 1. The molecule has 148 valence electrons. The number of aromatic nitrogens is 4. The van der Waals surface area contributed by atoms with E-state index in [9.17, 15) is 9.15 Å². The van der Waals surface area contributed by atoms with Crippen LogP contribution >= 0.6 is 12.4 Å². The predicted molar refractivity (Wildman–Crippen MR) is 109 cm³/mol. The lowest BCUT2D eigenvalue weighted by Crippen LogP contribution is -2.34. The van der Waals surface area contributed by atoms with Gasteiger partial charge >= 0.3 is 0 Å². The van der Waals surface area contributed by atoms with Crippen LogP contribution in [0.1, 0.15) is 30.1 Å². The number of piperidine rings is 1. The van der Waals surface area contributed by atoms with Gasteiger partial charge in [0.1, 0.15) is 18.2 Å². The van der Waals surface area contributed by atoms with E-state index < -0.39 is 0 Å². The molecule has 1 saturated heterocycles. The number of hydrogen-bond donors (Lipinski definition) is 0. The molecule has 0 unspecified atom stereocenters. The fourth-order valence-electron chi connectivity index (χ4n) is 3.88. The van der Waals surface area contributed by atoms with Crippen molar-refractivity contribution in [1.82, 2.24) is 19.7 Å². The number of halogens is 1. The van der Waals surface area contributed by atoms with E-state index in [1.54, 1.807) is 18.6 Å². The van der Waals surface area contributed by atoms with Gasteiger partial charge in [0.25, 0.3) is 12.4 Å². The highest BCUT2D eigenvalue weighted by atomic mass is 32.2. The second-order valence-electron chi connectivity index (χ2n) is 6.93. The van der Waals surface area contributed by atoms with Crippen molar-refractivity contribution >= 4 is 18.1 Å². The molecule has 1 aliphatic rings. The number of rotatable bonds is 5. The first-order valence-electron chi connectivity index (χ1n) is 9.24. The van der Waals surface area contributed by atoms with Crippen molar-refractivity contribution in [2.24, 2.45) is 7.05 Å². The third-order valence-electron chi connectivity index (χ3n) is 5.23. The molecule has 7 nitrogen and oxygen atoms in total. The molecule has 0 radical (unpaired) electrons. The van der Waals surface area contributed by atoms with Gasteiger partial charge in [-0.05, 0) is 25.0 Å². The van der Waals surface area contributed by atoms with Crippen LogP contribution in [-0.2, 0) is 7.05 Å². The van der Waals surface area contributed by atoms with Crippen LogP contribution in [0.25, 0.3) is 11.1 Å². The molecule has 9 heteroatoms. The van der Waals surface area contributed by atoms with Gasteiger partial charge in [-0.1, -0.05) is 12.1 Å². The minimum atomic E-state index is -0.217. The van der Waals surface area contributed by atoms with Crippen molar-refractivity contribution in [2.45, 2.75) is 18.8 Å². The molecule has 0 spiro atoms. The van der Waals surface area contributed by atoms with Crippen molar-refractivity contribution < 1.29 is 8.07 Å². The summed E-state index contributed by atoms with van der Waals surface area (Å²) in [6, 6.07) is 9.65. The minimum Gasteiger partial charge on any atom is -0.395 e. The van der Waals surface area contributed by atoms with Crippen molar-refractivity contribution in [1.29, 1.82) is 5.26 Å². The summed E-state index contributed by atoms with van der Waals surface area (Å²) in [7, 11) is 1.96. The summed E-state index contributed by atoms with van der Waals surface area (Å²) in [5.74, 6) is 1.66. The molecule has 1 aliphatic heterocycles. The zero-order valence-corrected chi connectivity index (χ0v) is 16.6. The first-order valence-corrected chi connectivity index (χ1v) is 9.88. The molecule has 0 atom stereocenters. The van der Waals surface area contributed by atoms with E-state index in [0.29, 0.717) is 17.2 Å². The lowest BCUT2D eigenvalue weighted by molar-refractivity contribution is 0.474. The topological polar surface area (TPSA) is 79.9 Å². The summed E-state index contributed by atoms with van der Waals surface area (Å²) >= 11 is -0.217. The second-order valence-corrected chi connectivity index (χ2v) is 7.22. The average Bonchev–Trinajstić information content (AvgIpc) is 3.19. The van der Waals surface area contributed by atoms with Gasteiger partial charge in [-0.15, -0.1) is 14.1 Å². The SMILES string of the molecule is Cn1cnnc1C1CCN(c2c(C#N)cccc2-c2cncc(OSF)c2)CC1. The number of nitrogens with zero attached hydrogens (tertiary/aromatic N) is 6. The highest BCUT2D eigenvalue weighted by Gasteiger charge is 2.27. The van der Waals surface area contributed by atoms with Crippen molar-refractivity contribution in [3.63, 3.8) is 0 Å². The molecule has 0 bridgehead atoms. The second kappa shape index (κ2) is 8.49. The molecule has 4 rings (SSSR count). The average molecular weight is 410 g/mol. The summed E-state index contributed by atoms with van der Waals surface area (Å²) in [4.78, 5) is 6.39. The quantitative estimate of drug-likeness (QED) is 0.587. The summed E-state index contributed by atoms with van der Waals surface area (Å²) < 4.78 is 19.3. The summed E-state index contributed by atoms with van der Waals surface area (Å²) in [5, 5.41) is 17.9. The fourth-order valence-corrected chi connectivity index (χ4v) is 4.04. The predicted octanol–water partition coefficient (Wildman–Crippen LogP) is 4.04. The number of benzene rings is 1. The third kappa shape index (κ3) is 3.89. The molecule has 0 N–H and O–H groups in total. The molecule has 2 aromatic heterocycles. The number of nitriles is 1. The van der Waals surface area contributed by atoms with E-state index in [1.165, 1.54) is 6.20 Å². The highest BCUT2D eigenvalue weighted by molar-refractivity contribution is 7.89. The Hall–Kier alpha value is -3.12. The Balaban J connectivity index is 1.65. The van der Waals surface area contributed by atoms with E-state index in [4.69, 9.17) is 4.18 Å². The van der Waals surface area contributed by atoms with Crippen LogP contribution in [0.5, 0.6) is 5.75 Å². The minimum absolute atomic E-state index is 0.217. The van der Waals surface area contributed by atoms with E-state index in [-0.39, 0.29) is 12.4 Å². The smallest absolute Gasteiger partial charge is 0.272 e. The van der Waals surface area contributed by atoms with Gasteiger partial charge in [-0.3, -0.25) is 4.98 Å².